The molecular weight excluding hydrogens is 262 g/mol. The predicted molar refractivity (Wildman–Crippen MR) is 85.0 cm³/mol. The van der Waals surface area contributed by atoms with E-state index < -0.39 is 0 Å². The van der Waals surface area contributed by atoms with Gasteiger partial charge in [-0.3, -0.25) is 4.79 Å². The molecule has 4 nitrogen and oxygen atoms in total. The van der Waals surface area contributed by atoms with E-state index in [1.54, 1.807) is 0 Å². The summed E-state index contributed by atoms with van der Waals surface area (Å²) in [7, 11) is 4.00. The van der Waals surface area contributed by atoms with Crippen LogP contribution in [0.5, 0.6) is 0 Å². The summed E-state index contributed by atoms with van der Waals surface area (Å²) in [5.41, 5.74) is 6.93. The van der Waals surface area contributed by atoms with Gasteiger partial charge in [0.25, 0.3) is 5.91 Å². The number of rotatable bonds is 3. The van der Waals surface area contributed by atoms with Crippen LogP contribution in [0.2, 0.25) is 0 Å². The number of hydrogen-bond donors (Lipinski definition) is 1. The maximum absolute atomic E-state index is 12.4. The van der Waals surface area contributed by atoms with Crippen molar-refractivity contribution >= 4 is 5.91 Å². The Balaban J connectivity index is 1.98. The summed E-state index contributed by atoms with van der Waals surface area (Å²) in [6.07, 6.45) is 2.39. The van der Waals surface area contributed by atoms with Gasteiger partial charge >= 0.3 is 0 Å². The molecule has 2 N–H and O–H groups in total. The molecule has 4 heteroatoms. The van der Waals surface area contributed by atoms with Crippen molar-refractivity contribution in [1.29, 1.82) is 0 Å². The Bertz CT molecular complexity index is 541. The molecule has 21 heavy (non-hydrogen) atoms. The van der Waals surface area contributed by atoms with Crippen molar-refractivity contribution < 1.29 is 4.79 Å². The summed E-state index contributed by atoms with van der Waals surface area (Å²) in [5, 5.41) is 0. The highest BCUT2D eigenvalue weighted by molar-refractivity contribution is 5.94. The Morgan fingerprint density at radius 3 is 2.71 bits per heavy atom. The van der Waals surface area contributed by atoms with Gasteiger partial charge in [-0.2, -0.15) is 0 Å². The van der Waals surface area contributed by atoms with Crippen molar-refractivity contribution in [2.24, 2.45) is 5.73 Å². The first-order chi connectivity index (χ1) is 10.1. The smallest absolute Gasteiger partial charge is 0.253 e. The Morgan fingerprint density at radius 1 is 1.43 bits per heavy atom. The first-order valence-corrected chi connectivity index (χ1v) is 7.36. The second-order valence-electron chi connectivity index (χ2n) is 5.55. The fourth-order valence-electron chi connectivity index (χ4n) is 2.68. The molecule has 112 valence electrons. The third-order valence-electron chi connectivity index (χ3n) is 3.97. The van der Waals surface area contributed by atoms with E-state index in [0.29, 0.717) is 18.2 Å². The number of nitrogens with two attached hydrogens (primary N) is 1. The molecule has 2 rings (SSSR count). The number of carbonyl (C=O) groups is 1. The van der Waals surface area contributed by atoms with Crippen LogP contribution in [0.3, 0.4) is 0 Å². The largest absolute Gasteiger partial charge is 0.340 e. The molecule has 1 aromatic rings. The van der Waals surface area contributed by atoms with Gasteiger partial charge in [-0.1, -0.05) is 11.8 Å². The van der Waals surface area contributed by atoms with Crippen molar-refractivity contribution in [3.05, 3.63) is 35.4 Å². The predicted octanol–water partition coefficient (Wildman–Crippen LogP) is 1.16. The van der Waals surface area contributed by atoms with E-state index >= 15 is 0 Å². The number of hydrogen-bond acceptors (Lipinski definition) is 3. The lowest BCUT2D eigenvalue weighted by atomic mass is 10.1. The Labute approximate surface area is 126 Å². The highest BCUT2D eigenvalue weighted by atomic mass is 16.2. The molecule has 0 spiro atoms. The molecule has 1 fully saturated rings. The van der Waals surface area contributed by atoms with E-state index in [1.807, 2.05) is 36.2 Å². The summed E-state index contributed by atoms with van der Waals surface area (Å²) in [6, 6.07) is 7.88. The lowest BCUT2D eigenvalue weighted by Gasteiger charge is -2.26. The molecule has 1 heterocycles. The number of nitrogens with zero attached hydrogens (tertiary/aromatic N) is 2. The van der Waals surface area contributed by atoms with Crippen LogP contribution < -0.4 is 5.73 Å². The van der Waals surface area contributed by atoms with Gasteiger partial charge in [-0.05, 0) is 50.7 Å². The number of carbonyl (C=O) groups excluding carboxylic acids is 1. The van der Waals surface area contributed by atoms with Crippen molar-refractivity contribution in [3.8, 4) is 11.8 Å². The number of likely N-dealkylation sites (tertiary alicyclic amines) is 1. The molecule has 1 aromatic carbocycles. The van der Waals surface area contributed by atoms with Crippen molar-refractivity contribution in [2.75, 3.05) is 33.7 Å². The topological polar surface area (TPSA) is 49.6 Å². The number of likely N-dealkylation sites (N-methyl/N-ethyl adjacent to an activating group) is 2. The van der Waals surface area contributed by atoms with E-state index in [2.05, 4.69) is 23.8 Å². The minimum atomic E-state index is 0.0636. The van der Waals surface area contributed by atoms with Crippen LogP contribution in [0.15, 0.2) is 24.3 Å². The van der Waals surface area contributed by atoms with Gasteiger partial charge in [0.15, 0.2) is 0 Å². The van der Waals surface area contributed by atoms with Crippen LogP contribution in [-0.2, 0) is 0 Å². The maximum Gasteiger partial charge on any atom is 0.253 e. The molecule has 0 aromatic heterocycles. The highest BCUT2D eigenvalue weighted by Crippen LogP contribution is 2.16. The Hall–Kier alpha value is -1.83. The van der Waals surface area contributed by atoms with E-state index in [0.717, 1.165) is 18.7 Å². The standard InChI is InChI=1S/C17H23N3O/c1-19-12-4-6-16(19)13-20(2)17(21)15-9-7-14(8-10-15)5-3-11-18/h7-10,16H,4,6,11-13,18H2,1-2H3. The van der Waals surface area contributed by atoms with Gasteiger partial charge in [-0.15, -0.1) is 0 Å². The molecule has 1 unspecified atom stereocenters. The van der Waals surface area contributed by atoms with Crippen molar-refractivity contribution in [3.63, 3.8) is 0 Å². The molecule has 1 saturated heterocycles. The van der Waals surface area contributed by atoms with Gasteiger partial charge in [0.2, 0.25) is 0 Å². The van der Waals surface area contributed by atoms with Crippen LogP contribution in [0.25, 0.3) is 0 Å². The first kappa shape index (κ1) is 15.6. The lowest BCUT2D eigenvalue weighted by molar-refractivity contribution is 0.0761. The van der Waals surface area contributed by atoms with E-state index in [9.17, 15) is 4.79 Å². The van der Waals surface area contributed by atoms with Crippen LogP contribution in [0.4, 0.5) is 0 Å². The Kier molecular flexibility index (Phi) is 5.38. The quantitative estimate of drug-likeness (QED) is 0.848. The SMILES string of the molecule is CN(CC1CCCN1C)C(=O)c1ccc(C#CCN)cc1. The van der Waals surface area contributed by atoms with Crippen LogP contribution in [-0.4, -0.2) is 55.5 Å². The second-order valence-corrected chi connectivity index (χ2v) is 5.55. The molecule has 0 saturated carbocycles. The summed E-state index contributed by atoms with van der Waals surface area (Å²) in [5.74, 6) is 5.83. The zero-order chi connectivity index (χ0) is 15.2. The summed E-state index contributed by atoms with van der Waals surface area (Å²) < 4.78 is 0. The highest BCUT2D eigenvalue weighted by Gasteiger charge is 2.24. The summed E-state index contributed by atoms with van der Waals surface area (Å²) in [6.45, 7) is 2.25. The third-order valence-corrected chi connectivity index (χ3v) is 3.97. The fraction of sp³-hybridized carbons (Fsp3) is 0.471. The molecule has 0 radical (unpaired) electrons. The Morgan fingerprint density at radius 2 is 2.14 bits per heavy atom. The lowest BCUT2D eigenvalue weighted by Crippen LogP contribution is -2.39. The molecule has 0 bridgehead atoms. The van der Waals surface area contributed by atoms with Gasteiger partial charge in [0.05, 0.1) is 6.54 Å². The van der Waals surface area contributed by atoms with Gasteiger partial charge in [0.1, 0.15) is 0 Å². The molecule has 1 aliphatic heterocycles. The molecule has 1 amide bonds. The zero-order valence-electron chi connectivity index (χ0n) is 12.8. The maximum atomic E-state index is 12.4. The van der Waals surface area contributed by atoms with Gasteiger partial charge in [-0.25, -0.2) is 0 Å². The average molecular weight is 285 g/mol. The van der Waals surface area contributed by atoms with Crippen LogP contribution in [0, 0.1) is 11.8 Å². The number of amides is 1. The molecule has 1 atom stereocenters. The number of benzene rings is 1. The summed E-state index contributed by atoms with van der Waals surface area (Å²) in [4.78, 5) is 16.6. The van der Waals surface area contributed by atoms with E-state index in [4.69, 9.17) is 5.73 Å². The van der Waals surface area contributed by atoms with Crippen molar-refractivity contribution in [2.45, 2.75) is 18.9 Å². The average Bonchev–Trinajstić information content (AvgIpc) is 2.90. The minimum Gasteiger partial charge on any atom is -0.340 e. The van der Waals surface area contributed by atoms with E-state index in [-0.39, 0.29) is 5.91 Å². The molecule has 0 aliphatic carbocycles. The van der Waals surface area contributed by atoms with Crippen molar-refractivity contribution in [1.82, 2.24) is 9.80 Å². The third kappa shape index (κ3) is 4.07. The van der Waals surface area contributed by atoms with Crippen LogP contribution in [0.1, 0.15) is 28.8 Å². The summed E-state index contributed by atoms with van der Waals surface area (Å²) >= 11 is 0. The fourth-order valence-corrected chi connectivity index (χ4v) is 2.68. The zero-order valence-corrected chi connectivity index (χ0v) is 12.8. The van der Waals surface area contributed by atoms with Gasteiger partial charge in [0, 0.05) is 30.8 Å². The van der Waals surface area contributed by atoms with Crippen LogP contribution >= 0.6 is 0 Å². The minimum absolute atomic E-state index is 0.0636. The van der Waals surface area contributed by atoms with Gasteiger partial charge < -0.3 is 15.5 Å². The van der Waals surface area contributed by atoms with E-state index in [1.165, 1.54) is 12.8 Å². The molecule has 1 aliphatic rings. The molecular formula is C17H23N3O. The normalized spacial score (nSPS) is 18.1. The second kappa shape index (κ2) is 7.26. The monoisotopic (exact) mass is 285 g/mol. The first-order valence-electron chi connectivity index (χ1n) is 7.36.